The first-order valence-corrected chi connectivity index (χ1v) is 9.23. The summed E-state index contributed by atoms with van der Waals surface area (Å²) < 4.78 is 18.5. The molecule has 1 N–H and O–H groups in total. The summed E-state index contributed by atoms with van der Waals surface area (Å²) in [6.45, 7) is 0.649. The molecule has 6 nitrogen and oxygen atoms in total. The molecular formula is C20H18ClFN4O2. The smallest absolute Gasteiger partial charge is 0.251 e. The number of nitrogens with one attached hydrogen (secondary N) is 1. The summed E-state index contributed by atoms with van der Waals surface area (Å²) in [5, 5.41) is 7.68. The molecule has 0 saturated carbocycles. The van der Waals surface area contributed by atoms with Crippen molar-refractivity contribution in [3.63, 3.8) is 0 Å². The number of likely N-dealkylation sites (tertiary alicyclic amines) is 1. The molecule has 0 unspecified atom stereocenters. The first-order chi connectivity index (χ1) is 13.5. The van der Waals surface area contributed by atoms with Gasteiger partial charge in [-0.15, -0.1) is 0 Å². The second-order valence-corrected chi connectivity index (χ2v) is 7.27. The highest BCUT2D eigenvalue weighted by atomic mass is 35.5. The largest absolute Gasteiger partial charge is 0.348 e. The number of carbonyl (C=O) groups excluding carboxylic acids is 1. The predicted molar refractivity (Wildman–Crippen MR) is 102 cm³/mol. The standard InChI is InChI=1S/C20H18ClFN4O2/c1-26-11-16(23-19(27)13-4-8-15(22)9-5-13)10-17(26)20-24-18(25-28-20)12-2-6-14(21)7-3-12/h2-9,16-17H,10-11H2,1H3,(H,23,27)/t16-,17-/m0/s1. The van der Waals surface area contributed by atoms with Crippen LogP contribution in [-0.2, 0) is 0 Å². The zero-order chi connectivity index (χ0) is 19.7. The van der Waals surface area contributed by atoms with E-state index in [9.17, 15) is 9.18 Å². The second-order valence-electron chi connectivity index (χ2n) is 6.83. The second kappa shape index (κ2) is 7.69. The number of hydrogen-bond donors (Lipinski definition) is 1. The van der Waals surface area contributed by atoms with Gasteiger partial charge in [-0.05, 0) is 62.0 Å². The van der Waals surface area contributed by atoms with Gasteiger partial charge >= 0.3 is 0 Å². The van der Waals surface area contributed by atoms with Gasteiger partial charge in [-0.25, -0.2) is 4.39 Å². The van der Waals surface area contributed by atoms with Gasteiger partial charge < -0.3 is 9.84 Å². The lowest BCUT2D eigenvalue weighted by molar-refractivity contribution is 0.0938. The molecule has 1 amide bonds. The van der Waals surface area contributed by atoms with E-state index in [4.69, 9.17) is 16.1 Å². The Bertz CT molecular complexity index is 975. The Morgan fingerprint density at radius 1 is 1.21 bits per heavy atom. The summed E-state index contributed by atoms with van der Waals surface area (Å²) in [5.41, 5.74) is 1.25. The molecule has 4 rings (SSSR count). The molecule has 2 heterocycles. The fourth-order valence-electron chi connectivity index (χ4n) is 3.35. The number of rotatable bonds is 4. The zero-order valence-electron chi connectivity index (χ0n) is 15.1. The van der Waals surface area contributed by atoms with Gasteiger partial charge in [0.1, 0.15) is 5.82 Å². The quantitative estimate of drug-likeness (QED) is 0.723. The fraction of sp³-hybridized carbons (Fsp3) is 0.250. The average Bonchev–Trinajstić information content (AvgIpc) is 3.29. The fourth-order valence-corrected chi connectivity index (χ4v) is 3.48. The zero-order valence-corrected chi connectivity index (χ0v) is 15.9. The summed E-state index contributed by atoms with van der Waals surface area (Å²) in [6, 6.07) is 12.5. The van der Waals surface area contributed by atoms with Crippen LogP contribution >= 0.6 is 11.6 Å². The minimum absolute atomic E-state index is 0.0709. The molecule has 0 bridgehead atoms. The summed E-state index contributed by atoms with van der Waals surface area (Å²) in [6.07, 6.45) is 0.645. The van der Waals surface area contributed by atoms with Crippen molar-refractivity contribution < 1.29 is 13.7 Å². The molecule has 28 heavy (non-hydrogen) atoms. The lowest BCUT2D eigenvalue weighted by Gasteiger charge is -2.14. The Morgan fingerprint density at radius 3 is 2.64 bits per heavy atom. The maximum atomic E-state index is 13.0. The highest BCUT2D eigenvalue weighted by Gasteiger charge is 2.35. The van der Waals surface area contributed by atoms with Gasteiger partial charge in [-0.3, -0.25) is 9.69 Å². The van der Waals surface area contributed by atoms with Crippen LogP contribution in [0.4, 0.5) is 4.39 Å². The summed E-state index contributed by atoms with van der Waals surface area (Å²) in [5.74, 6) is 0.404. The first-order valence-electron chi connectivity index (χ1n) is 8.86. The number of carbonyl (C=O) groups is 1. The maximum Gasteiger partial charge on any atom is 0.251 e. The molecule has 3 aromatic rings. The van der Waals surface area contributed by atoms with E-state index in [0.717, 1.165) is 5.56 Å². The van der Waals surface area contributed by atoms with Crippen molar-refractivity contribution in [2.75, 3.05) is 13.6 Å². The molecule has 1 fully saturated rings. The SMILES string of the molecule is CN1C[C@@H](NC(=O)c2ccc(F)cc2)C[C@H]1c1nc(-c2ccc(Cl)cc2)no1. The number of nitrogens with zero attached hydrogens (tertiary/aromatic N) is 3. The molecule has 144 valence electrons. The van der Waals surface area contributed by atoms with Gasteiger partial charge in [-0.1, -0.05) is 16.8 Å². The Balaban J connectivity index is 1.43. The monoisotopic (exact) mass is 400 g/mol. The molecule has 8 heteroatoms. The molecule has 0 spiro atoms. The average molecular weight is 401 g/mol. The van der Waals surface area contributed by atoms with Gasteiger partial charge in [0.25, 0.3) is 5.91 Å². The van der Waals surface area contributed by atoms with Gasteiger partial charge in [0, 0.05) is 28.7 Å². The van der Waals surface area contributed by atoms with Crippen LogP contribution < -0.4 is 5.32 Å². The van der Waals surface area contributed by atoms with E-state index in [1.54, 1.807) is 12.1 Å². The summed E-state index contributed by atoms with van der Waals surface area (Å²) in [4.78, 5) is 18.9. The number of hydrogen-bond acceptors (Lipinski definition) is 5. The summed E-state index contributed by atoms with van der Waals surface area (Å²) >= 11 is 5.91. The molecule has 0 radical (unpaired) electrons. The molecule has 0 aliphatic carbocycles. The molecule has 2 aromatic carbocycles. The van der Waals surface area contributed by atoms with Crippen molar-refractivity contribution in [2.24, 2.45) is 0 Å². The van der Waals surface area contributed by atoms with Crippen molar-refractivity contribution >= 4 is 17.5 Å². The van der Waals surface area contributed by atoms with Gasteiger partial charge in [-0.2, -0.15) is 4.98 Å². The Labute approximate surface area is 166 Å². The van der Waals surface area contributed by atoms with Gasteiger partial charge in [0.2, 0.25) is 11.7 Å². The van der Waals surface area contributed by atoms with E-state index < -0.39 is 0 Å². The third-order valence-electron chi connectivity index (χ3n) is 4.82. The van der Waals surface area contributed by atoms with Crippen LogP contribution in [0.5, 0.6) is 0 Å². The van der Waals surface area contributed by atoms with Crippen molar-refractivity contribution in [3.05, 3.63) is 70.8 Å². The lowest BCUT2D eigenvalue weighted by Crippen LogP contribution is -2.36. The highest BCUT2D eigenvalue weighted by Crippen LogP contribution is 2.31. The highest BCUT2D eigenvalue weighted by molar-refractivity contribution is 6.30. The lowest BCUT2D eigenvalue weighted by atomic mass is 10.1. The third-order valence-corrected chi connectivity index (χ3v) is 5.07. The van der Waals surface area contributed by atoms with Crippen LogP contribution in [0.2, 0.25) is 5.02 Å². The van der Waals surface area contributed by atoms with Crippen LogP contribution in [0, 0.1) is 5.82 Å². The van der Waals surface area contributed by atoms with Crippen molar-refractivity contribution in [1.29, 1.82) is 0 Å². The van der Waals surface area contributed by atoms with E-state index >= 15 is 0 Å². The molecular weight excluding hydrogens is 383 g/mol. The van der Waals surface area contributed by atoms with Crippen LogP contribution in [0.25, 0.3) is 11.4 Å². The molecule has 1 aromatic heterocycles. The third kappa shape index (κ3) is 3.90. The number of halogens is 2. The van der Waals surface area contributed by atoms with E-state index in [2.05, 4.69) is 20.4 Å². The number of amides is 1. The molecule has 2 atom stereocenters. The van der Waals surface area contributed by atoms with Crippen molar-refractivity contribution in [2.45, 2.75) is 18.5 Å². The van der Waals surface area contributed by atoms with Crippen LogP contribution in [0.1, 0.15) is 28.7 Å². The van der Waals surface area contributed by atoms with Gasteiger partial charge in [0.15, 0.2) is 0 Å². The normalized spacial score (nSPS) is 19.7. The van der Waals surface area contributed by atoms with Crippen LogP contribution in [0.3, 0.4) is 0 Å². The van der Waals surface area contributed by atoms with Crippen molar-refractivity contribution in [3.8, 4) is 11.4 Å². The Hall–Kier alpha value is -2.77. The molecule has 1 saturated heterocycles. The van der Waals surface area contributed by atoms with Crippen LogP contribution in [0.15, 0.2) is 53.1 Å². The van der Waals surface area contributed by atoms with E-state index in [0.29, 0.717) is 35.3 Å². The van der Waals surface area contributed by atoms with E-state index in [1.807, 2.05) is 19.2 Å². The van der Waals surface area contributed by atoms with Crippen LogP contribution in [-0.4, -0.2) is 40.6 Å². The minimum atomic E-state index is -0.370. The number of likely N-dealkylation sites (N-methyl/N-ethyl adjacent to an activating group) is 1. The van der Waals surface area contributed by atoms with E-state index in [1.165, 1.54) is 24.3 Å². The summed E-state index contributed by atoms with van der Waals surface area (Å²) in [7, 11) is 1.95. The number of aromatic nitrogens is 2. The van der Waals surface area contributed by atoms with Crippen molar-refractivity contribution in [1.82, 2.24) is 20.4 Å². The minimum Gasteiger partial charge on any atom is -0.348 e. The molecule has 1 aliphatic heterocycles. The van der Waals surface area contributed by atoms with E-state index in [-0.39, 0.29) is 23.8 Å². The predicted octanol–water partition coefficient (Wildman–Crippen LogP) is 3.70. The topological polar surface area (TPSA) is 71.3 Å². The Morgan fingerprint density at radius 2 is 1.93 bits per heavy atom. The number of benzene rings is 2. The molecule has 1 aliphatic rings. The first kappa shape index (κ1) is 18.6. The Kier molecular flexibility index (Phi) is 5.11. The maximum absolute atomic E-state index is 13.0. The van der Waals surface area contributed by atoms with Gasteiger partial charge in [0.05, 0.1) is 6.04 Å².